The van der Waals surface area contributed by atoms with Gasteiger partial charge in [0, 0.05) is 6.54 Å². The van der Waals surface area contributed by atoms with Crippen LogP contribution in [-0.4, -0.2) is 40.3 Å². The van der Waals surface area contributed by atoms with Gasteiger partial charge < -0.3 is 14.7 Å². The van der Waals surface area contributed by atoms with Crippen LogP contribution in [0.1, 0.15) is 31.2 Å². The molecule has 1 aromatic carbocycles. The summed E-state index contributed by atoms with van der Waals surface area (Å²) in [6.45, 7) is 0.792. The van der Waals surface area contributed by atoms with Crippen molar-refractivity contribution in [3.63, 3.8) is 0 Å². The number of nitrogens with zero attached hydrogens (tertiary/aromatic N) is 2. The number of hydrogen-bond donors (Lipinski definition) is 1. The first-order valence-corrected chi connectivity index (χ1v) is 8.62. The first kappa shape index (κ1) is 14.7. The molecule has 0 amide bonds. The van der Waals surface area contributed by atoms with Crippen molar-refractivity contribution in [2.45, 2.75) is 44.0 Å². The molecule has 5 heteroatoms. The van der Waals surface area contributed by atoms with Crippen LogP contribution in [0.3, 0.4) is 0 Å². The summed E-state index contributed by atoms with van der Waals surface area (Å²) in [5.74, 6) is 0.870. The summed E-state index contributed by atoms with van der Waals surface area (Å²) < 4.78 is 5.21. The molecule has 1 spiro atoms. The fraction of sp³-hybridized carbons (Fsp3) is 0.562. The Balaban J connectivity index is 1.84. The van der Waals surface area contributed by atoms with E-state index in [0.29, 0.717) is 0 Å². The minimum atomic E-state index is -0.583. The Morgan fingerprint density at radius 2 is 2.00 bits per heavy atom. The van der Waals surface area contributed by atoms with Crippen LogP contribution in [0.2, 0.25) is 0 Å². The highest BCUT2D eigenvalue weighted by Crippen LogP contribution is 2.44. The second-order valence-electron chi connectivity index (χ2n) is 5.73. The molecular formula is C16H22N2O2S. The van der Waals surface area contributed by atoms with E-state index in [1.54, 1.807) is 18.9 Å². The van der Waals surface area contributed by atoms with Crippen molar-refractivity contribution in [2.24, 2.45) is 4.99 Å². The topological polar surface area (TPSA) is 45.1 Å². The average Bonchev–Trinajstić information content (AvgIpc) is 3.10. The average molecular weight is 306 g/mol. The number of benzene rings is 1. The summed E-state index contributed by atoms with van der Waals surface area (Å²) >= 11 is 1.62. The Labute approximate surface area is 130 Å². The molecule has 0 radical (unpaired) electrons. The highest BCUT2D eigenvalue weighted by atomic mass is 32.2. The lowest BCUT2D eigenvalue weighted by Crippen LogP contribution is -2.50. The molecule has 1 saturated carbocycles. The van der Waals surface area contributed by atoms with E-state index in [1.165, 1.54) is 18.4 Å². The van der Waals surface area contributed by atoms with E-state index >= 15 is 0 Å². The van der Waals surface area contributed by atoms with Crippen molar-refractivity contribution in [2.75, 3.05) is 13.4 Å². The van der Waals surface area contributed by atoms with Gasteiger partial charge in [-0.05, 0) is 36.8 Å². The van der Waals surface area contributed by atoms with E-state index in [0.717, 1.165) is 30.3 Å². The van der Waals surface area contributed by atoms with Crippen LogP contribution in [0.5, 0.6) is 5.75 Å². The minimum absolute atomic E-state index is 0.182. The number of hydrogen-bond acceptors (Lipinski definition) is 5. The Hall–Kier alpha value is -1.20. The minimum Gasteiger partial charge on any atom is -0.497 e. The molecular weight excluding hydrogens is 284 g/mol. The van der Waals surface area contributed by atoms with Crippen molar-refractivity contribution in [1.29, 1.82) is 0 Å². The van der Waals surface area contributed by atoms with Crippen molar-refractivity contribution in [1.82, 2.24) is 4.90 Å². The molecule has 1 aromatic rings. The predicted octanol–water partition coefficient (Wildman–Crippen LogP) is 2.86. The van der Waals surface area contributed by atoms with Crippen LogP contribution >= 0.6 is 11.8 Å². The number of amidine groups is 1. The van der Waals surface area contributed by atoms with E-state index in [-0.39, 0.29) is 5.54 Å². The summed E-state index contributed by atoms with van der Waals surface area (Å²) in [4.78, 5) is 6.81. The van der Waals surface area contributed by atoms with Gasteiger partial charge >= 0.3 is 0 Å². The molecule has 2 aliphatic rings. The molecule has 1 aliphatic heterocycles. The molecule has 1 fully saturated rings. The molecule has 1 aliphatic carbocycles. The number of methoxy groups -OCH3 is 1. The maximum absolute atomic E-state index is 10.4. The quantitative estimate of drug-likeness (QED) is 0.932. The number of aliphatic hydroxyl groups is 1. The molecule has 0 bridgehead atoms. The molecule has 4 nitrogen and oxygen atoms in total. The van der Waals surface area contributed by atoms with Crippen molar-refractivity contribution < 1.29 is 9.84 Å². The fourth-order valence-corrected chi connectivity index (χ4v) is 4.11. The lowest BCUT2D eigenvalue weighted by atomic mass is 9.94. The third-order valence-corrected chi connectivity index (χ3v) is 5.32. The molecule has 0 saturated heterocycles. The molecule has 1 atom stereocenters. The lowest BCUT2D eigenvalue weighted by Gasteiger charge is -2.38. The second-order valence-corrected chi connectivity index (χ2v) is 6.51. The summed E-state index contributed by atoms with van der Waals surface area (Å²) in [7, 11) is 1.68. The van der Waals surface area contributed by atoms with Gasteiger partial charge in [-0.25, -0.2) is 4.99 Å². The normalized spacial score (nSPS) is 23.7. The zero-order chi connectivity index (χ0) is 14.9. The van der Waals surface area contributed by atoms with Crippen molar-refractivity contribution in [3.05, 3.63) is 29.8 Å². The number of aliphatic hydroxyl groups excluding tert-OH is 1. The van der Waals surface area contributed by atoms with E-state index in [9.17, 15) is 5.11 Å². The van der Waals surface area contributed by atoms with Crippen LogP contribution in [0, 0.1) is 0 Å². The summed E-state index contributed by atoms with van der Waals surface area (Å²) in [5.41, 5.74) is 1.04. The molecule has 21 heavy (non-hydrogen) atoms. The molecule has 0 aromatic heterocycles. The van der Waals surface area contributed by atoms with Gasteiger partial charge in [-0.15, -0.1) is 0 Å². The summed E-state index contributed by atoms with van der Waals surface area (Å²) in [6, 6.07) is 8.15. The Morgan fingerprint density at radius 1 is 1.33 bits per heavy atom. The van der Waals surface area contributed by atoms with Gasteiger partial charge in [0.1, 0.15) is 5.75 Å². The molecule has 114 valence electrons. The van der Waals surface area contributed by atoms with Crippen LogP contribution in [0.25, 0.3) is 0 Å². The summed E-state index contributed by atoms with van der Waals surface area (Å²) in [6.07, 6.45) is 5.84. The van der Waals surface area contributed by atoms with E-state index < -0.39 is 6.23 Å². The van der Waals surface area contributed by atoms with Gasteiger partial charge in [-0.2, -0.15) is 0 Å². The monoisotopic (exact) mass is 306 g/mol. The predicted molar refractivity (Wildman–Crippen MR) is 86.7 cm³/mol. The Kier molecular flexibility index (Phi) is 4.13. The third-order valence-electron chi connectivity index (χ3n) is 4.63. The van der Waals surface area contributed by atoms with Gasteiger partial charge in [0.15, 0.2) is 11.4 Å². The highest BCUT2D eigenvalue weighted by molar-refractivity contribution is 8.13. The standard InChI is InChI=1S/C16H22N2O2S/c1-20-13-7-5-12(6-8-13)11-18-15(21-2)17-14(19)16(18)9-3-4-10-16/h5-8,14,19H,3-4,9-11H2,1-2H3. The van der Waals surface area contributed by atoms with Gasteiger partial charge in [0.25, 0.3) is 0 Å². The van der Waals surface area contributed by atoms with Crippen molar-refractivity contribution >= 4 is 16.9 Å². The largest absolute Gasteiger partial charge is 0.497 e. The first-order chi connectivity index (χ1) is 10.2. The Morgan fingerprint density at radius 3 is 2.57 bits per heavy atom. The second kappa shape index (κ2) is 5.89. The van der Waals surface area contributed by atoms with Crippen molar-refractivity contribution in [3.8, 4) is 5.75 Å². The maximum atomic E-state index is 10.4. The van der Waals surface area contributed by atoms with Crippen LogP contribution < -0.4 is 4.74 Å². The van der Waals surface area contributed by atoms with Crippen LogP contribution in [0.15, 0.2) is 29.3 Å². The lowest BCUT2D eigenvalue weighted by molar-refractivity contribution is 0.0326. The van der Waals surface area contributed by atoms with E-state index in [1.807, 2.05) is 18.4 Å². The molecule has 1 N–H and O–H groups in total. The zero-order valence-corrected chi connectivity index (χ0v) is 13.4. The van der Waals surface area contributed by atoms with Gasteiger partial charge in [0.2, 0.25) is 0 Å². The van der Waals surface area contributed by atoms with E-state index in [2.05, 4.69) is 22.0 Å². The maximum Gasteiger partial charge on any atom is 0.171 e. The first-order valence-electron chi connectivity index (χ1n) is 7.40. The van der Waals surface area contributed by atoms with Gasteiger partial charge in [-0.3, -0.25) is 0 Å². The number of ether oxygens (including phenoxy) is 1. The van der Waals surface area contributed by atoms with Crippen LogP contribution in [0.4, 0.5) is 0 Å². The molecule has 1 heterocycles. The van der Waals surface area contributed by atoms with Gasteiger partial charge in [0.05, 0.1) is 12.6 Å². The fourth-order valence-electron chi connectivity index (χ4n) is 3.44. The molecule has 1 unspecified atom stereocenters. The Bertz CT molecular complexity index is 524. The number of thioether (sulfide) groups is 1. The SMILES string of the molecule is COc1ccc(CN2C(SC)=NC(O)C23CCCC3)cc1. The summed E-state index contributed by atoms with van der Waals surface area (Å²) in [5, 5.41) is 11.4. The number of rotatable bonds is 3. The van der Waals surface area contributed by atoms with E-state index in [4.69, 9.17) is 4.74 Å². The molecule has 3 rings (SSSR count). The number of aliphatic imine (C=N–C) groups is 1. The smallest absolute Gasteiger partial charge is 0.171 e. The zero-order valence-electron chi connectivity index (χ0n) is 12.6. The highest BCUT2D eigenvalue weighted by Gasteiger charge is 2.50. The van der Waals surface area contributed by atoms with Crippen LogP contribution in [-0.2, 0) is 6.54 Å². The van der Waals surface area contributed by atoms with Gasteiger partial charge in [-0.1, -0.05) is 36.7 Å². The third kappa shape index (κ3) is 2.53.